The lowest BCUT2D eigenvalue weighted by molar-refractivity contribution is -0.244. The minimum atomic E-state index is -3.59. The fourth-order valence-electron chi connectivity index (χ4n) is 5.05. The quantitative estimate of drug-likeness (QED) is 0.218. The Balaban J connectivity index is 1.54. The Hall–Kier alpha value is -1.88. The zero-order valence-corrected chi connectivity index (χ0v) is 20.5. The highest BCUT2D eigenvalue weighted by molar-refractivity contribution is 5.28. The zero-order valence-electron chi connectivity index (χ0n) is 20.5. The number of halogens is 4. The summed E-state index contributed by atoms with van der Waals surface area (Å²) in [5.41, 5.74) is 1.73. The maximum Gasteiger partial charge on any atom is 0.360 e. The Kier molecular flexibility index (Phi) is 9.99. The van der Waals surface area contributed by atoms with E-state index in [9.17, 15) is 17.6 Å². The Labute approximate surface area is 201 Å². The number of benzene rings is 2. The van der Waals surface area contributed by atoms with Gasteiger partial charge in [0.25, 0.3) is 0 Å². The van der Waals surface area contributed by atoms with Crippen LogP contribution in [0.15, 0.2) is 36.4 Å². The largest absolute Gasteiger partial charge is 0.360 e. The lowest BCUT2D eigenvalue weighted by Gasteiger charge is -2.28. The number of hydrogen-bond donors (Lipinski definition) is 0. The first-order chi connectivity index (χ1) is 16.3. The standard InChI is InChI=1S/C29H38F4O/c1-3-5-6-8-22-11-14-25(27(30)17-22)19-29(32,33)34-20-26-16-15-24(18-28(26)31)23-12-9-21(7-4-2)10-13-23/h11,14-18,21,23H,3-10,12-13,19-20H2,1-2H3. The molecular weight excluding hydrogens is 440 g/mol. The van der Waals surface area contributed by atoms with Gasteiger partial charge < -0.3 is 4.74 Å². The van der Waals surface area contributed by atoms with Crippen molar-refractivity contribution in [2.75, 3.05) is 0 Å². The van der Waals surface area contributed by atoms with Crippen molar-refractivity contribution in [2.24, 2.45) is 5.92 Å². The molecule has 0 unspecified atom stereocenters. The molecule has 0 N–H and O–H groups in total. The highest BCUT2D eigenvalue weighted by Crippen LogP contribution is 2.38. The molecule has 1 nitrogen and oxygen atoms in total. The monoisotopic (exact) mass is 478 g/mol. The molecule has 0 amide bonds. The number of aryl methyl sites for hydroxylation is 1. The number of hydrogen-bond acceptors (Lipinski definition) is 1. The second-order valence-electron chi connectivity index (χ2n) is 9.84. The minimum absolute atomic E-state index is 0.0924. The first-order valence-electron chi connectivity index (χ1n) is 12.9. The minimum Gasteiger partial charge on any atom is -0.315 e. The summed E-state index contributed by atoms with van der Waals surface area (Å²) in [7, 11) is 0. The molecule has 0 radical (unpaired) electrons. The van der Waals surface area contributed by atoms with Crippen LogP contribution in [0.1, 0.15) is 99.8 Å². The highest BCUT2D eigenvalue weighted by Gasteiger charge is 2.32. The van der Waals surface area contributed by atoms with Crippen molar-refractivity contribution in [3.63, 3.8) is 0 Å². The van der Waals surface area contributed by atoms with Gasteiger partial charge >= 0.3 is 6.11 Å². The second kappa shape index (κ2) is 12.7. The van der Waals surface area contributed by atoms with E-state index in [-0.39, 0.29) is 11.1 Å². The van der Waals surface area contributed by atoms with Gasteiger partial charge in [0, 0.05) is 5.56 Å². The van der Waals surface area contributed by atoms with Gasteiger partial charge in [-0.2, -0.15) is 8.78 Å². The molecule has 0 spiro atoms. The second-order valence-corrected chi connectivity index (χ2v) is 9.84. The van der Waals surface area contributed by atoms with Crippen LogP contribution in [0.3, 0.4) is 0 Å². The number of rotatable bonds is 12. The molecule has 5 heteroatoms. The van der Waals surface area contributed by atoms with Gasteiger partial charge in [0.2, 0.25) is 0 Å². The summed E-state index contributed by atoms with van der Waals surface area (Å²) in [5.74, 6) is -0.0805. The summed E-state index contributed by atoms with van der Waals surface area (Å²) in [6, 6.07) is 9.27. The molecule has 1 fully saturated rings. The molecule has 0 bridgehead atoms. The lowest BCUT2D eigenvalue weighted by Crippen LogP contribution is -2.24. The van der Waals surface area contributed by atoms with E-state index in [1.807, 2.05) is 6.07 Å². The summed E-state index contributed by atoms with van der Waals surface area (Å²) in [5, 5.41) is 0. The average Bonchev–Trinajstić information content (AvgIpc) is 2.81. The molecule has 188 valence electrons. The summed E-state index contributed by atoms with van der Waals surface area (Å²) >= 11 is 0. The molecule has 3 rings (SSSR count). The van der Waals surface area contributed by atoms with Crippen LogP contribution < -0.4 is 0 Å². The van der Waals surface area contributed by atoms with Gasteiger partial charge in [-0.3, -0.25) is 0 Å². The number of alkyl halides is 2. The molecule has 1 aliphatic rings. The lowest BCUT2D eigenvalue weighted by atomic mass is 9.77. The van der Waals surface area contributed by atoms with E-state index < -0.39 is 30.8 Å². The molecule has 34 heavy (non-hydrogen) atoms. The number of ether oxygens (including phenoxy) is 1. The first-order valence-corrected chi connectivity index (χ1v) is 12.9. The van der Waals surface area contributed by atoms with E-state index in [1.165, 1.54) is 31.0 Å². The maximum atomic E-state index is 14.7. The third kappa shape index (κ3) is 7.83. The van der Waals surface area contributed by atoms with Crippen molar-refractivity contribution in [2.45, 2.75) is 103 Å². The van der Waals surface area contributed by atoms with Gasteiger partial charge in [-0.25, -0.2) is 8.78 Å². The molecule has 0 atom stereocenters. The normalized spacial score (nSPS) is 18.9. The van der Waals surface area contributed by atoms with E-state index in [4.69, 9.17) is 4.74 Å². The molecule has 0 heterocycles. The molecule has 2 aromatic carbocycles. The predicted molar refractivity (Wildman–Crippen MR) is 129 cm³/mol. The predicted octanol–water partition coefficient (Wildman–Crippen LogP) is 9.12. The van der Waals surface area contributed by atoms with E-state index >= 15 is 0 Å². The zero-order chi connectivity index (χ0) is 24.6. The van der Waals surface area contributed by atoms with Crippen molar-refractivity contribution in [3.8, 4) is 0 Å². The highest BCUT2D eigenvalue weighted by atomic mass is 19.3. The summed E-state index contributed by atoms with van der Waals surface area (Å²) < 4.78 is 62.6. The van der Waals surface area contributed by atoms with E-state index in [1.54, 1.807) is 12.1 Å². The van der Waals surface area contributed by atoms with Crippen LogP contribution in [-0.2, 0) is 24.2 Å². The van der Waals surface area contributed by atoms with Crippen molar-refractivity contribution < 1.29 is 22.3 Å². The molecule has 1 aliphatic carbocycles. The third-order valence-electron chi connectivity index (χ3n) is 7.11. The molecule has 0 aliphatic heterocycles. The SMILES string of the molecule is CCCCCc1ccc(CC(F)(F)OCc2ccc(C3CCC(CCC)CC3)cc2F)c(F)c1. The Morgan fingerprint density at radius 1 is 0.853 bits per heavy atom. The van der Waals surface area contributed by atoms with E-state index in [2.05, 4.69) is 13.8 Å². The van der Waals surface area contributed by atoms with Gasteiger partial charge in [0.05, 0.1) is 13.0 Å². The van der Waals surface area contributed by atoms with Crippen LogP contribution in [0.25, 0.3) is 0 Å². The van der Waals surface area contributed by atoms with Crippen LogP contribution in [0, 0.1) is 17.6 Å². The fraction of sp³-hybridized carbons (Fsp3) is 0.586. The Bertz CT molecular complexity index is 903. The van der Waals surface area contributed by atoms with E-state index in [0.717, 1.165) is 68.4 Å². The summed E-state index contributed by atoms with van der Waals surface area (Å²) in [6.45, 7) is 3.73. The van der Waals surface area contributed by atoms with Gasteiger partial charge in [-0.15, -0.1) is 0 Å². The van der Waals surface area contributed by atoms with Crippen molar-refractivity contribution in [1.82, 2.24) is 0 Å². The fourth-order valence-corrected chi connectivity index (χ4v) is 5.05. The smallest absolute Gasteiger partial charge is 0.315 e. The molecular formula is C29H38F4O. The van der Waals surface area contributed by atoms with Crippen LogP contribution in [0.2, 0.25) is 0 Å². The molecule has 2 aromatic rings. The first kappa shape index (κ1) is 26.7. The summed E-state index contributed by atoms with van der Waals surface area (Å²) in [6.07, 6.45) is 6.16. The van der Waals surface area contributed by atoms with Gasteiger partial charge in [0.1, 0.15) is 11.6 Å². The molecule has 0 aromatic heterocycles. The third-order valence-corrected chi connectivity index (χ3v) is 7.11. The van der Waals surface area contributed by atoms with Crippen molar-refractivity contribution >= 4 is 0 Å². The average molecular weight is 479 g/mol. The maximum absolute atomic E-state index is 14.7. The summed E-state index contributed by atoms with van der Waals surface area (Å²) in [4.78, 5) is 0. The van der Waals surface area contributed by atoms with Gasteiger partial charge in [0.15, 0.2) is 0 Å². The molecule has 0 saturated heterocycles. The van der Waals surface area contributed by atoms with Crippen LogP contribution in [0.4, 0.5) is 17.6 Å². The Morgan fingerprint density at radius 3 is 2.21 bits per heavy atom. The van der Waals surface area contributed by atoms with Gasteiger partial charge in [-0.05, 0) is 79.2 Å². The van der Waals surface area contributed by atoms with Crippen LogP contribution >= 0.6 is 0 Å². The Morgan fingerprint density at radius 2 is 1.56 bits per heavy atom. The van der Waals surface area contributed by atoms with Crippen molar-refractivity contribution in [3.05, 3.63) is 70.3 Å². The van der Waals surface area contributed by atoms with Crippen LogP contribution in [-0.4, -0.2) is 6.11 Å². The van der Waals surface area contributed by atoms with E-state index in [0.29, 0.717) is 5.92 Å². The van der Waals surface area contributed by atoms with Crippen LogP contribution in [0.5, 0.6) is 0 Å². The number of unbranched alkanes of at least 4 members (excludes halogenated alkanes) is 2. The molecule has 1 saturated carbocycles. The topological polar surface area (TPSA) is 9.23 Å². The van der Waals surface area contributed by atoms with Crippen molar-refractivity contribution in [1.29, 1.82) is 0 Å². The van der Waals surface area contributed by atoms with Gasteiger partial charge in [-0.1, -0.05) is 63.8 Å².